The number of nitrogens with zero attached hydrogens (tertiary/aromatic N) is 1. The van der Waals surface area contributed by atoms with E-state index in [-0.39, 0.29) is 17.2 Å². The predicted molar refractivity (Wildman–Crippen MR) is 111 cm³/mol. The lowest BCUT2D eigenvalue weighted by molar-refractivity contribution is -0.128. The van der Waals surface area contributed by atoms with Gasteiger partial charge in [0.1, 0.15) is 5.75 Å². The second-order valence-electron chi connectivity index (χ2n) is 8.24. The Bertz CT molecular complexity index is 884. The second kappa shape index (κ2) is 8.05. The molecule has 2 amide bonds. The Morgan fingerprint density at radius 1 is 1.18 bits per heavy atom. The molecular formula is C23H28N2O3. The molecule has 1 aliphatic heterocycles. The van der Waals surface area contributed by atoms with Crippen LogP contribution >= 0.6 is 0 Å². The minimum Gasteiger partial charge on any atom is -0.495 e. The third-order valence-corrected chi connectivity index (χ3v) is 5.05. The van der Waals surface area contributed by atoms with Crippen molar-refractivity contribution in [2.24, 2.45) is 0 Å². The molecule has 0 saturated carbocycles. The summed E-state index contributed by atoms with van der Waals surface area (Å²) in [6, 6.07) is 13.3. The first kappa shape index (κ1) is 19.9. The van der Waals surface area contributed by atoms with Crippen LogP contribution in [0.1, 0.15) is 55.1 Å². The van der Waals surface area contributed by atoms with Crippen molar-refractivity contribution < 1.29 is 14.3 Å². The van der Waals surface area contributed by atoms with Gasteiger partial charge in [-0.1, -0.05) is 39.0 Å². The molecule has 1 saturated heterocycles. The Balaban J connectivity index is 1.79. The van der Waals surface area contributed by atoms with Gasteiger partial charge in [0, 0.05) is 25.1 Å². The fraction of sp³-hybridized carbons (Fsp3) is 0.391. The van der Waals surface area contributed by atoms with Crippen molar-refractivity contribution in [2.45, 2.75) is 45.6 Å². The van der Waals surface area contributed by atoms with Gasteiger partial charge in [-0.05, 0) is 47.2 Å². The number of ether oxygens (including phenoxy) is 1. The number of hydrogen-bond donors (Lipinski definition) is 1. The summed E-state index contributed by atoms with van der Waals surface area (Å²) in [7, 11) is 1.59. The lowest BCUT2D eigenvalue weighted by Gasteiger charge is -2.21. The van der Waals surface area contributed by atoms with Crippen LogP contribution in [0.3, 0.4) is 0 Å². The van der Waals surface area contributed by atoms with Gasteiger partial charge in [0.2, 0.25) is 5.91 Å². The van der Waals surface area contributed by atoms with Crippen LogP contribution in [0, 0.1) is 0 Å². The topological polar surface area (TPSA) is 58.6 Å². The van der Waals surface area contributed by atoms with E-state index in [0.717, 1.165) is 24.1 Å². The van der Waals surface area contributed by atoms with Crippen molar-refractivity contribution in [1.29, 1.82) is 0 Å². The van der Waals surface area contributed by atoms with Gasteiger partial charge in [-0.15, -0.1) is 0 Å². The summed E-state index contributed by atoms with van der Waals surface area (Å²) in [6.45, 7) is 7.71. The highest BCUT2D eigenvalue weighted by Crippen LogP contribution is 2.31. The van der Waals surface area contributed by atoms with Crippen LogP contribution in [0.5, 0.6) is 5.75 Å². The number of nitrogens with one attached hydrogen (secondary N) is 1. The van der Waals surface area contributed by atoms with E-state index in [1.807, 2.05) is 41.3 Å². The van der Waals surface area contributed by atoms with Crippen molar-refractivity contribution in [2.75, 3.05) is 19.0 Å². The first-order chi connectivity index (χ1) is 13.3. The Hall–Kier alpha value is -2.82. The van der Waals surface area contributed by atoms with E-state index in [0.29, 0.717) is 30.0 Å². The van der Waals surface area contributed by atoms with Gasteiger partial charge in [0.15, 0.2) is 0 Å². The summed E-state index contributed by atoms with van der Waals surface area (Å²) in [5, 5.41) is 2.98. The van der Waals surface area contributed by atoms with E-state index in [1.54, 1.807) is 13.2 Å². The normalized spacial score (nSPS) is 14.3. The lowest BCUT2D eigenvalue weighted by Crippen LogP contribution is -2.24. The summed E-state index contributed by atoms with van der Waals surface area (Å²) in [5.74, 6) is 0.609. The molecule has 2 aromatic rings. The Morgan fingerprint density at radius 3 is 2.61 bits per heavy atom. The van der Waals surface area contributed by atoms with E-state index >= 15 is 0 Å². The van der Waals surface area contributed by atoms with Crippen LogP contribution in [0.2, 0.25) is 0 Å². The molecule has 1 N–H and O–H groups in total. The summed E-state index contributed by atoms with van der Waals surface area (Å²) in [4.78, 5) is 26.5. The van der Waals surface area contributed by atoms with Crippen LogP contribution in [0.15, 0.2) is 42.5 Å². The predicted octanol–water partition coefficient (Wildman–Crippen LogP) is 4.37. The maximum absolute atomic E-state index is 12.8. The maximum Gasteiger partial charge on any atom is 0.255 e. The third kappa shape index (κ3) is 4.53. The zero-order valence-electron chi connectivity index (χ0n) is 17.0. The largest absolute Gasteiger partial charge is 0.495 e. The molecule has 0 aromatic heterocycles. The highest BCUT2D eigenvalue weighted by molar-refractivity contribution is 6.05. The van der Waals surface area contributed by atoms with Crippen molar-refractivity contribution in [3.8, 4) is 5.75 Å². The maximum atomic E-state index is 12.8. The fourth-order valence-corrected chi connectivity index (χ4v) is 3.37. The minimum atomic E-state index is -0.195. The molecule has 0 spiro atoms. The van der Waals surface area contributed by atoms with Crippen LogP contribution in [-0.4, -0.2) is 30.4 Å². The SMILES string of the molecule is COc1ccc(C(C)(C)C)cc1NC(=O)c1cccc(CN2CCCC2=O)c1. The molecule has 148 valence electrons. The number of carbonyl (C=O) groups is 2. The number of likely N-dealkylation sites (tertiary alicyclic amines) is 1. The molecule has 0 unspecified atom stereocenters. The van der Waals surface area contributed by atoms with Crippen LogP contribution in [0.25, 0.3) is 0 Å². The van der Waals surface area contributed by atoms with Gasteiger partial charge in [-0.25, -0.2) is 0 Å². The fourth-order valence-electron chi connectivity index (χ4n) is 3.37. The summed E-state index contributed by atoms with van der Waals surface area (Å²) in [5.41, 5.74) is 3.25. The number of benzene rings is 2. The summed E-state index contributed by atoms with van der Waals surface area (Å²) in [6.07, 6.45) is 1.52. The monoisotopic (exact) mass is 380 g/mol. The zero-order valence-corrected chi connectivity index (χ0v) is 17.0. The van der Waals surface area contributed by atoms with E-state index in [9.17, 15) is 9.59 Å². The van der Waals surface area contributed by atoms with Gasteiger partial charge in [-0.3, -0.25) is 9.59 Å². The molecule has 0 radical (unpaired) electrons. The molecule has 3 rings (SSSR count). The summed E-state index contributed by atoms with van der Waals surface area (Å²) < 4.78 is 5.42. The van der Waals surface area contributed by atoms with Gasteiger partial charge < -0.3 is 15.0 Å². The standard InChI is InChI=1S/C23H28N2O3/c1-23(2,3)18-10-11-20(28-4)19(14-18)24-22(27)17-8-5-7-16(13-17)15-25-12-6-9-21(25)26/h5,7-8,10-11,13-14H,6,9,12,15H2,1-4H3,(H,24,27). The van der Waals surface area contributed by atoms with Gasteiger partial charge in [0.25, 0.3) is 5.91 Å². The van der Waals surface area contributed by atoms with E-state index in [1.165, 1.54) is 0 Å². The highest BCUT2D eigenvalue weighted by Gasteiger charge is 2.21. The molecule has 0 aliphatic carbocycles. The van der Waals surface area contributed by atoms with Crippen LogP contribution in [-0.2, 0) is 16.8 Å². The Labute approximate surface area is 166 Å². The first-order valence-electron chi connectivity index (χ1n) is 9.64. The van der Waals surface area contributed by atoms with E-state index < -0.39 is 0 Å². The number of amides is 2. The number of anilines is 1. The molecule has 28 heavy (non-hydrogen) atoms. The molecule has 1 heterocycles. The lowest BCUT2D eigenvalue weighted by atomic mass is 9.87. The van der Waals surface area contributed by atoms with Gasteiger partial charge in [-0.2, -0.15) is 0 Å². The molecular weight excluding hydrogens is 352 g/mol. The number of methoxy groups -OCH3 is 1. The molecule has 0 bridgehead atoms. The minimum absolute atomic E-state index is 0.0338. The van der Waals surface area contributed by atoms with Crippen molar-refractivity contribution in [1.82, 2.24) is 4.90 Å². The third-order valence-electron chi connectivity index (χ3n) is 5.05. The van der Waals surface area contributed by atoms with Crippen LogP contribution in [0.4, 0.5) is 5.69 Å². The molecule has 1 aliphatic rings. The zero-order chi connectivity index (χ0) is 20.3. The number of carbonyl (C=O) groups excluding carboxylic acids is 2. The average Bonchev–Trinajstić information content (AvgIpc) is 3.05. The quantitative estimate of drug-likeness (QED) is 0.838. The second-order valence-corrected chi connectivity index (χ2v) is 8.24. The Morgan fingerprint density at radius 2 is 1.96 bits per heavy atom. The van der Waals surface area contributed by atoms with Gasteiger partial charge >= 0.3 is 0 Å². The molecule has 0 atom stereocenters. The van der Waals surface area contributed by atoms with Crippen LogP contribution < -0.4 is 10.1 Å². The van der Waals surface area contributed by atoms with Crippen molar-refractivity contribution >= 4 is 17.5 Å². The average molecular weight is 380 g/mol. The summed E-state index contributed by atoms with van der Waals surface area (Å²) >= 11 is 0. The van der Waals surface area contributed by atoms with E-state index in [2.05, 4.69) is 26.1 Å². The molecule has 1 fully saturated rings. The smallest absolute Gasteiger partial charge is 0.255 e. The van der Waals surface area contributed by atoms with Crippen molar-refractivity contribution in [3.05, 3.63) is 59.2 Å². The molecule has 2 aromatic carbocycles. The number of hydrogen-bond acceptors (Lipinski definition) is 3. The number of rotatable bonds is 5. The first-order valence-corrected chi connectivity index (χ1v) is 9.64. The molecule has 5 heteroatoms. The van der Waals surface area contributed by atoms with Gasteiger partial charge in [0.05, 0.1) is 12.8 Å². The van der Waals surface area contributed by atoms with Crippen molar-refractivity contribution in [3.63, 3.8) is 0 Å². The van der Waals surface area contributed by atoms with E-state index in [4.69, 9.17) is 4.74 Å². The highest BCUT2D eigenvalue weighted by atomic mass is 16.5. The molecule has 5 nitrogen and oxygen atoms in total. The Kier molecular flexibility index (Phi) is 5.73.